The average molecular weight is 318 g/mol. The number of methoxy groups -OCH3 is 3. The number of hydrogen-bond acceptors (Lipinski definition) is 7. The van der Waals surface area contributed by atoms with Crippen molar-refractivity contribution >= 4 is 21.9 Å². The SMILES string of the molecule is COc1ccc2oc3c(OC)c(O)cc(O)c3c(=O)c2c1OC. The Morgan fingerprint density at radius 1 is 0.913 bits per heavy atom. The van der Waals surface area contributed by atoms with Crippen LogP contribution in [0.5, 0.6) is 28.7 Å². The number of aromatic hydroxyl groups is 2. The van der Waals surface area contributed by atoms with Crippen molar-refractivity contribution in [3.05, 3.63) is 28.4 Å². The minimum atomic E-state index is -0.521. The maximum atomic E-state index is 12.8. The van der Waals surface area contributed by atoms with Crippen LogP contribution in [0.25, 0.3) is 21.9 Å². The third-order valence-corrected chi connectivity index (χ3v) is 3.57. The second-order valence-electron chi connectivity index (χ2n) is 4.76. The summed E-state index contributed by atoms with van der Waals surface area (Å²) in [4.78, 5) is 12.8. The Hall–Kier alpha value is -3.09. The van der Waals surface area contributed by atoms with Gasteiger partial charge in [0.2, 0.25) is 11.2 Å². The van der Waals surface area contributed by atoms with Crippen molar-refractivity contribution in [2.75, 3.05) is 21.3 Å². The van der Waals surface area contributed by atoms with Crippen LogP contribution >= 0.6 is 0 Å². The van der Waals surface area contributed by atoms with Gasteiger partial charge in [0.25, 0.3) is 0 Å². The average Bonchev–Trinajstić information content (AvgIpc) is 2.53. The van der Waals surface area contributed by atoms with Gasteiger partial charge in [0, 0.05) is 6.07 Å². The molecule has 120 valence electrons. The highest BCUT2D eigenvalue weighted by Gasteiger charge is 2.22. The minimum Gasteiger partial charge on any atom is -0.507 e. The molecule has 2 aromatic carbocycles. The molecule has 0 bridgehead atoms. The van der Waals surface area contributed by atoms with E-state index in [1.165, 1.54) is 27.4 Å². The molecule has 0 spiro atoms. The molecule has 3 rings (SSSR count). The van der Waals surface area contributed by atoms with Gasteiger partial charge in [0.15, 0.2) is 22.8 Å². The first-order chi connectivity index (χ1) is 11.0. The molecule has 2 N–H and O–H groups in total. The van der Waals surface area contributed by atoms with E-state index in [-0.39, 0.29) is 39.2 Å². The molecule has 0 aliphatic carbocycles. The summed E-state index contributed by atoms with van der Waals surface area (Å²) in [6.45, 7) is 0. The molecule has 0 amide bonds. The maximum Gasteiger partial charge on any atom is 0.208 e. The Labute approximate surface area is 130 Å². The summed E-state index contributed by atoms with van der Waals surface area (Å²) in [7, 11) is 4.17. The number of phenols is 2. The van der Waals surface area contributed by atoms with Gasteiger partial charge in [-0.05, 0) is 12.1 Å². The molecule has 0 aliphatic rings. The fraction of sp³-hybridized carbons (Fsp3) is 0.188. The molecular weight excluding hydrogens is 304 g/mol. The summed E-state index contributed by atoms with van der Waals surface area (Å²) in [5.41, 5.74) is -0.356. The van der Waals surface area contributed by atoms with Crippen molar-refractivity contribution in [1.82, 2.24) is 0 Å². The molecule has 0 saturated heterocycles. The quantitative estimate of drug-likeness (QED) is 0.715. The molecule has 3 aromatic rings. The van der Waals surface area contributed by atoms with E-state index in [0.717, 1.165) is 6.07 Å². The highest BCUT2D eigenvalue weighted by molar-refractivity contribution is 6.00. The van der Waals surface area contributed by atoms with Crippen LogP contribution in [0.2, 0.25) is 0 Å². The summed E-state index contributed by atoms with van der Waals surface area (Å²) in [6.07, 6.45) is 0. The van der Waals surface area contributed by atoms with E-state index < -0.39 is 11.2 Å². The molecule has 23 heavy (non-hydrogen) atoms. The summed E-state index contributed by atoms with van der Waals surface area (Å²) in [6, 6.07) is 4.15. The highest BCUT2D eigenvalue weighted by Crippen LogP contribution is 2.42. The van der Waals surface area contributed by atoms with Crippen LogP contribution in [0.3, 0.4) is 0 Å². The third kappa shape index (κ3) is 2.01. The molecule has 0 unspecified atom stereocenters. The fourth-order valence-corrected chi connectivity index (χ4v) is 2.57. The van der Waals surface area contributed by atoms with Gasteiger partial charge in [-0.25, -0.2) is 0 Å². The van der Waals surface area contributed by atoms with Crippen LogP contribution in [-0.4, -0.2) is 31.5 Å². The van der Waals surface area contributed by atoms with Gasteiger partial charge in [-0.1, -0.05) is 0 Å². The summed E-state index contributed by atoms with van der Waals surface area (Å²) >= 11 is 0. The van der Waals surface area contributed by atoms with E-state index in [2.05, 4.69) is 0 Å². The fourth-order valence-electron chi connectivity index (χ4n) is 2.57. The Kier molecular flexibility index (Phi) is 3.40. The lowest BCUT2D eigenvalue weighted by Gasteiger charge is -2.12. The zero-order valence-electron chi connectivity index (χ0n) is 12.7. The lowest BCUT2D eigenvalue weighted by Crippen LogP contribution is -2.06. The summed E-state index contributed by atoms with van der Waals surface area (Å²) < 4.78 is 21.2. The van der Waals surface area contributed by atoms with E-state index in [4.69, 9.17) is 18.6 Å². The molecule has 7 heteroatoms. The van der Waals surface area contributed by atoms with Gasteiger partial charge in [0.1, 0.15) is 22.1 Å². The monoisotopic (exact) mass is 318 g/mol. The third-order valence-electron chi connectivity index (χ3n) is 3.57. The van der Waals surface area contributed by atoms with E-state index in [1.807, 2.05) is 0 Å². The predicted molar refractivity (Wildman–Crippen MR) is 83.0 cm³/mol. The number of fused-ring (bicyclic) bond motifs is 2. The van der Waals surface area contributed by atoms with Gasteiger partial charge in [-0.15, -0.1) is 0 Å². The molecular formula is C16H14O7. The van der Waals surface area contributed by atoms with Crippen molar-refractivity contribution in [3.63, 3.8) is 0 Å². The summed E-state index contributed by atoms with van der Waals surface area (Å²) in [5.74, 6) is -0.227. The van der Waals surface area contributed by atoms with Crippen molar-refractivity contribution in [2.45, 2.75) is 0 Å². The Morgan fingerprint density at radius 2 is 1.61 bits per heavy atom. The first-order valence-corrected chi connectivity index (χ1v) is 6.63. The topological polar surface area (TPSA) is 98.4 Å². The smallest absolute Gasteiger partial charge is 0.208 e. The van der Waals surface area contributed by atoms with Crippen LogP contribution in [0.1, 0.15) is 0 Å². The lowest BCUT2D eigenvalue weighted by atomic mass is 10.1. The predicted octanol–water partition coefficient (Wildman–Crippen LogP) is 2.38. The van der Waals surface area contributed by atoms with Gasteiger partial charge in [-0.2, -0.15) is 0 Å². The lowest BCUT2D eigenvalue weighted by molar-refractivity contribution is 0.357. The van der Waals surface area contributed by atoms with Crippen molar-refractivity contribution in [3.8, 4) is 28.7 Å². The molecule has 0 aliphatic heterocycles. The highest BCUT2D eigenvalue weighted by atomic mass is 16.5. The standard InChI is InChI=1S/C16H14O7/c1-20-10-5-4-9-12(15(10)22-3)13(19)11-7(17)6-8(18)14(21-2)16(11)23-9/h4-6,17-18H,1-3H3. The first-order valence-electron chi connectivity index (χ1n) is 6.63. The summed E-state index contributed by atoms with van der Waals surface area (Å²) in [5, 5.41) is 19.9. The van der Waals surface area contributed by atoms with E-state index in [1.54, 1.807) is 6.07 Å². The molecule has 0 saturated carbocycles. The molecule has 0 radical (unpaired) electrons. The van der Waals surface area contributed by atoms with E-state index >= 15 is 0 Å². The molecule has 1 heterocycles. The van der Waals surface area contributed by atoms with Crippen molar-refractivity contribution < 1.29 is 28.8 Å². The number of hydrogen-bond donors (Lipinski definition) is 2. The van der Waals surface area contributed by atoms with Crippen LogP contribution in [-0.2, 0) is 0 Å². The molecule has 1 aromatic heterocycles. The van der Waals surface area contributed by atoms with E-state index in [9.17, 15) is 15.0 Å². The van der Waals surface area contributed by atoms with E-state index in [0.29, 0.717) is 5.75 Å². The Morgan fingerprint density at radius 3 is 2.22 bits per heavy atom. The van der Waals surface area contributed by atoms with Gasteiger partial charge < -0.3 is 28.8 Å². The number of benzene rings is 2. The largest absolute Gasteiger partial charge is 0.507 e. The molecule has 7 nitrogen and oxygen atoms in total. The van der Waals surface area contributed by atoms with Crippen molar-refractivity contribution in [2.24, 2.45) is 0 Å². The second-order valence-corrected chi connectivity index (χ2v) is 4.76. The number of ether oxygens (including phenoxy) is 3. The number of rotatable bonds is 3. The Bertz CT molecular complexity index is 972. The van der Waals surface area contributed by atoms with Gasteiger partial charge in [0.05, 0.1) is 21.3 Å². The zero-order chi connectivity index (χ0) is 16.7. The molecule has 0 fully saturated rings. The van der Waals surface area contributed by atoms with Crippen molar-refractivity contribution in [1.29, 1.82) is 0 Å². The zero-order valence-corrected chi connectivity index (χ0v) is 12.7. The maximum absolute atomic E-state index is 12.8. The van der Waals surface area contributed by atoms with Crippen LogP contribution < -0.4 is 19.6 Å². The van der Waals surface area contributed by atoms with Gasteiger partial charge >= 0.3 is 0 Å². The van der Waals surface area contributed by atoms with Crippen LogP contribution in [0, 0.1) is 0 Å². The second kappa shape index (κ2) is 5.28. The van der Waals surface area contributed by atoms with Crippen LogP contribution in [0.15, 0.2) is 27.4 Å². The first kappa shape index (κ1) is 14.8. The number of phenolic OH excluding ortho intramolecular Hbond substituents is 2. The normalized spacial score (nSPS) is 10.9. The molecule has 0 atom stereocenters. The Balaban J connectivity index is 2.60. The minimum absolute atomic E-state index is 0.0356. The van der Waals surface area contributed by atoms with Crippen LogP contribution in [0.4, 0.5) is 0 Å². The van der Waals surface area contributed by atoms with Gasteiger partial charge in [-0.3, -0.25) is 4.79 Å².